The van der Waals surface area contributed by atoms with E-state index in [1.807, 2.05) is 22.6 Å². The average Bonchev–Trinajstić information content (AvgIpc) is 2.01. The van der Waals surface area contributed by atoms with Crippen LogP contribution < -0.4 is 0 Å². The third kappa shape index (κ3) is 3.09. The Morgan fingerprint density at radius 2 is 2.29 bits per heavy atom. The van der Waals surface area contributed by atoms with Crippen LogP contribution in [0.15, 0.2) is 12.3 Å². The molecular weight excluding hydrogens is 316 g/mol. The lowest BCUT2D eigenvalue weighted by Crippen LogP contribution is -2.14. The molecule has 0 atom stereocenters. The van der Waals surface area contributed by atoms with Crippen LogP contribution in [0.4, 0.5) is 0 Å². The van der Waals surface area contributed by atoms with E-state index in [4.69, 9.17) is 16.3 Å². The summed E-state index contributed by atoms with van der Waals surface area (Å²) in [4.78, 5) is 15.4. The molecule has 0 saturated heterocycles. The maximum absolute atomic E-state index is 11.5. The Bertz CT molecular complexity index is 355. The second-order valence-electron chi connectivity index (χ2n) is 2.94. The van der Waals surface area contributed by atoms with Crippen LogP contribution in [0, 0.1) is 3.57 Å². The quantitative estimate of drug-likeness (QED) is 0.620. The van der Waals surface area contributed by atoms with Gasteiger partial charge in [0.05, 0.1) is 11.1 Å². The third-order valence-corrected chi connectivity index (χ3v) is 2.37. The molecule has 0 saturated carbocycles. The molecule has 76 valence electrons. The van der Waals surface area contributed by atoms with Gasteiger partial charge in [-0.25, -0.2) is 9.78 Å². The van der Waals surface area contributed by atoms with E-state index < -0.39 is 5.97 Å². The first-order chi connectivity index (χ1) is 6.50. The van der Waals surface area contributed by atoms with Crippen molar-refractivity contribution < 1.29 is 9.53 Å². The van der Waals surface area contributed by atoms with Crippen LogP contribution in [-0.4, -0.2) is 17.1 Å². The summed E-state index contributed by atoms with van der Waals surface area (Å²) in [6.45, 7) is 3.58. The van der Waals surface area contributed by atoms with E-state index >= 15 is 0 Å². The van der Waals surface area contributed by atoms with Crippen molar-refractivity contribution in [3.63, 3.8) is 0 Å². The number of rotatable bonds is 2. The summed E-state index contributed by atoms with van der Waals surface area (Å²) < 4.78 is 5.70. The number of esters is 1. The van der Waals surface area contributed by atoms with E-state index in [2.05, 4.69) is 4.98 Å². The summed E-state index contributed by atoms with van der Waals surface area (Å²) in [5, 5.41) is 0.510. The molecule has 3 nitrogen and oxygen atoms in total. The van der Waals surface area contributed by atoms with Crippen LogP contribution in [0.5, 0.6) is 0 Å². The predicted molar refractivity (Wildman–Crippen MR) is 62.5 cm³/mol. The number of pyridine rings is 1. The Morgan fingerprint density at radius 1 is 1.64 bits per heavy atom. The van der Waals surface area contributed by atoms with Crippen molar-refractivity contribution in [3.8, 4) is 0 Å². The van der Waals surface area contributed by atoms with E-state index in [9.17, 15) is 4.79 Å². The molecule has 5 heteroatoms. The topological polar surface area (TPSA) is 39.2 Å². The van der Waals surface area contributed by atoms with Crippen LogP contribution >= 0.6 is 34.2 Å². The molecule has 0 spiro atoms. The number of carbonyl (C=O) groups excluding carboxylic acids is 1. The van der Waals surface area contributed by atoms with Crippen LogP contribution in [0.3, 0.4) is 0 Å². The van der Waals surface area contributed by atoms with Crippen molar-refractivity contribution in [2.45, 2.75) is 20.0 Å². The van der Waals surface area contributed by atoms with Gasteiger partial charge in [-0.1, -0.05) is 11.6 Å². The van der Waals surface area contributed by atoms with Crippen LogP contribution in [-0.2, 0) is 4.74 Å². The molecule has 1 heterocycles. The second-order valence-corrected chi connectivity index (χ2v) is 4.54. The van der Waals surface area contributed by atoms with Gasteiger partial charge >= 0.3 is 5.97 Å². The minimum Gasteiger partial charge on any atom is -0.458 e. The van der Waals surface area contributed by atoms with Gasteiger partial charge in [0.1, 0.15) is 0 Å². The Labute approximate surface area is 101 Å². The molecule has 0 aliphatic rings. The Morgan fingerprint density at radius 3 is 2.79 bits per heavy atom. The van der Waals surface area contributed by atoms with E-state index in [1.165, 1.54) is 6.20 Å². The van der Waals surface area contributed by atoms with E-state index in [0.29, 0.717) is 14.3 Å². The molecule has 14 heavy (non-hydrogen) atoms. The van der Waals surface area contributed by atoms with Crippen molar-refractivity contribution in [1.82, 2.24) is 4.98 Å². The highest BCUT2D eigenvalue weighted by atomic mass is 127. The van der Waals surface area contributed by atoms with Crippen molar-refractivity contribution in [2.75, 3.05) is 0 Å². The zero-order valence-corrected chi connectivity index (χ0v) is 10.7. The van der Waals surface area contributed by atoms with Crippen molar-refractivity contribution in [3.05, 3.63) is 26.5 Å². The summed E-state index contributed by atoms with van der Waals surface area (Å²) in [7, 11) is 0. The first kappa shape index (κ1) is 11.7. The number of carbonyl (C=O) groups is 1. The van der Waals surface area contributed by atoms with Gasteiger partial charge in [-0.15, -0.1) is 0 Å². The molecule has 0 amide bonds. The van der Waals surface area contributed by atoms with Gasteiger partial charge in [-0.3, -0.25) is 0 Å². The predicted octanol–water partition coefficient (Wildman–Crippen LogP) is 2.90. The number of hydrogen-bond acceptors (Lipinski definition) is 3. The highest BCUT2D eigenvalue weighted by molar-refractivity contribution is 14.1. The van der Waals surface area contributed by atoms with Crippen LogP contribution in [0.1, 0.15) is 24.3 Å². The second kappa shape index (κ2) is 4.93. The van der Waals surface area contributed by atoms with Gasteiger partial charge < -0.3 is 4.74 Å². The van der Waals surface area contributed by atoms with Gasteiger partial charge in [-0.05, 0) is 42.5 Å². The lowest BCUT2D eigenvalue weighted by Gasteiger charge is -2.08. The molecule has 0 bridgehead atoms. The summed E-state index contributed by atoms with van der Waals surface area (Å²) in [5.74, 6) is -0.416. The molecular formula is C9H9ClINO2. The third-order valence-electron chi connectivity index (χ3n) is 1.34. The van der Waals surface area contributed by atoms with Crippen LogP contribution in [0.25, 0.3) is 0 Å². The summed E-state index contributed by atoms with van der Waals surface area (Å²) in [6.07, 6.45) is 1.29. The van der Waals surface area contributed by atoms with E-state index in [1.54, 1.807) is 19.9 Å². The standard InChI is InChI=1S/C9H9ClINO2/c1-5(2)14-9(13)8-7(11)3-6(10)4-12-8/h3-5H,1-2H3. The lowest BCUT2D eigenvalue weighted by atomic mass is 10.3. The molecule has 1 rings (SSSR count). The maximum Gasteiger partial charge on any atom is 0.358 e. The number of ether oxygens (including phenoxy) is 1. The molecule has 1 aromatic heterocycles. The number of halogens is 2. The molecule has 0 aliphatic heterocycles. The van der Waals surface area contributed by atoms with E-state index in [0.717, 1.165) is 0 Å². The fourth-order valence-corrected chi connectivity index (χ4v) is 1.87. The summed E-state index contributed by atoms with van der Waals surface area (Å²) in [5.41, 5.74) is 0.309. The normalized spacial score (nSPS) is 10.4. The molecule has 0 unspecified atom stereocenters. The van der Waals surface area contributed by atoms with Gasteiger partial charge in [0.15, 0.2) is 5.69 Å². The zero-order chi connectivity index (χ0) is 10.7. The molecule has 0 aliphatic carbocycles. The Kier molecular flexibility index (Phi) is 4.12. The van der Waals surface area contributed by atoms with Gasteiger partial charge in [0.2, 0.25) is 0 Å². The highest BCUT2D eigenvalue weighted by Gasteiger charge is 2.14. The number of hydrogen-bond donors (Lipinski definition) is 0. The monoisotopic (exact) mass is 325 g/mol. The minimum atomic E-state index is -0.416. The molecule has 1 aromatic rings. The number of aromatic nitrogens is 1. The molecule has 0 N–H and O–H groups in total. The van der Waals surface area contributed by atoms with Gasteiger partial charge in [0.25, 0.3) is 0 Å². The van der Waals surface area contributed by atoms with Crippen molar-refractivity contribution >= 4 is 40.2 Å². The highest BCUT2D eigenvalue weighted by Crippen LogP contribution is 2.16. The Balaban J connectivity index is 2.90. The van der Waals surface area contributed by atoms with Crippen molar-refractivity contribution in [2.24, 2.45) is 0 Å². The molecule has 0 aromatic carbocycles. The lowest BCUT2D eigenvalue weighted by molar-refractivity contribution is 0.0369. The summed E-state index contributed by atoms with van der Waals surface area (Å²) in [6, 6.07) is 1.67. The van der Waals surface area contributed by atoms with Crippen LogP contribution in [0.2, 0.25) is 5.02 Å². The smallest absolute Gasteiger partial charge is 0.358 e. The minimum absolute atomic E-state index is 0.143. The van der Waals surface area contributed by atoms with Crippen molar-refractivity contribution in [1.29, 1.82) is 0 Å². The van der Waals surface area contributed by atoms with Gasteiger partial charge in [0, 0.05) is 9.77 Å². The SMILES string of the molecule is CC(C)OC(=O)c1ncc(Cl)cc1I. The first-order valence-corrected chi connectivity index (χ1v) is 5.48. The molecule has 0 fully saturated rings. The molecule has 0 radical (unpaired) electrons. The van der Waals surface area contributed by atoms with Gasteiger partial charge in [-0.2, -0.15) is 0 Å². The average molecular weight is 326 g/mol. The fourth-order valence-electron chi connectivity index (χ4n) is 0.835. The zero-order valence-electron chi connectivity index (χ0n) is 7.75. The largest absolute Gasteiger partial charge is 0.458 e. The Hall–Kier alpha value is -0.360. The number of nitrogens with zero attached hydrogens (tertiary/aromatic N) is 1. The maximum atomic E-state index is 11.5. The first-order valence-electron chi connectivity index (χ1n) is 4.02. The summed E-state index contributed by atoms with van der Waals surface area (Å²) >= 11 is 7.71. The fraction of sp³-hybridized carbons (Fsp3) is 0.333. The van der Waals surface area contributed by atoms with E-state index in [-0.39, 0.29) is 6.10 Å².